The van der Waals surface area contributed by atoms with E-state index in [2.05, 4.69) is 5.32 Å². The summed E-state index contributed by atoms with van der Waals surface area (Å²) < 4.78 is 5.53. The summed E-state index contributed by atoms with van der Waals surface area (Å²) in [4.78, 5) is 10.9. The molecule has 0 fully saturated rings. The first-order chi connectivity index (χ1) is 7.59. The van der Waals surface area contributed by atoms with E-state index in [0.29, 0.717) is 17.1 Å². The van der Waals surface area contributed by atoms with E-state index in [1.807, 2.05) is 6.92 Å². The molecule has 5 nitrogen and oxygen atoms in total. The second-order valence-electron chi connectivity index (χ2n) is 3.55. The van der Waals surface area contributed by atoms with Crippen LogP contribution in [-0.2, 0) is 0 Å². The number of nitrogens with one attached hydrogen (secondary N) is 1. The van der Waals surface area contributed by atoms with Gasteiger partial charge in [0.2, 0.25) is 5.75 Å². The largest absolute Gasteiger partial charge is 0.481 e. The van der Waals surface area contributed by atoms with Crippen molar-refractivity contribution in [3.8, 4) is 5.75 Å². The van der Waals surface area contributed by atoms with Gasteiger partial charge in [-0.2, -0.15) is 0 Å². The van der Waals surface area contributed by atoms with Gasteiger partial charge in [0.1, 0.15) is 11.1 Å². The Kier molecular flexibility index (Phi) is 2.74. The quantitative estimate of drug-likeness (QED) is 0.458. The highest BCUT2D eigenvalue weighted by Crippen LogP contribution is 2.32. The Morgan fingerprint density at radius 1 is 1.62 bits per heavy atom. The molecule has 0 amide bonds. The lowest BCUT2D eigenvalue weighted by Crippen LogP contribution is -2.29. The van der Waals surface area contributed by atoms with Crippen molar-refractivity contribution in [1.82, 2.24) is 5.32 Å². The van der Waals surface area contributed by atoms with Crippen LogP contribution in [0.2, 0.25) is 0 Å². The summed E-state index contributed by atoms with van der Waals surface area (Å²) in [5.41, 5.74) is 0.531. The molecule has 0 saturated carbocycles. The Hall–Kier alpha value is -1.69. The van der Waals surface area contributed by atoms with Gasteiger partial charge in [-0.25, -0.2) is 0 Å². The number of hydrogen-bond acceptors (Lipinski definition) is 4. The van der Waals surface area contributed by atoms with E-state index in [9.17, 15) is 10.1 Å². The number of nitro benzene ring substituents is 1. The van der Waals surface area contributed by atoms with Gasteiger partial charge in [0.05, 0.1) is 17.0 Å². The number of thiocarbonyl (C=S) groups is 1. The van der Waals surface area contributed by atoms with E-state index in [1.54, 1.807) is 12.1 Å². The van der Waals surface area contributed by atoms with E-state index in [4.69, 9.17) is 17.0 Å². The molecule has 6 heteroatoms. The molecule has 1 heterocycles. The van der Waals surface area contributed by atoms with Crippen molar-refractivity contribution >= 4 is 22.9 Å². The lowest BCUT2D eigenvalue weighted by atomic mass is 10.1. The highest BCUT2D eigenvalue weighted by Gasteiger charge is 2.25. The van der Waals surface area contributed by atoms with E-state index < -0.39 is 4.92 Å². The molecule has 0 aliphatic carbocycles. The van der Waals surface area contributed by atoms with E-state index in [0.717, 1.165) is 0 Å². The van der Waals surface area contributed by atoms with Crippen LogP contribution in [0.15, 0.2) is 18.2 Å². The molecule has 0 unspecified atom stereocenters. The molecule has 1 atom stereocenters. The standard InChI is InChI=1S/C10H10N2O3S/c1-6-5-11-10(16)7-3-2-4-8(12(13)14)9(7)15-6/h2-4,6H,5H2,1H3,(H,11,16)/t6-/m1/s1. The molecule has 1 aliphatic heterocycles. The van der Waals surface area contributed by atoms with Crippen LogP contribution in [0.3, 0.4) is 0 Å². The summed E-state index contributed by atoms with van der Waals surface area (Å²) in [5.74, 6) is 0.259. The van der Waals surface area contributed by atoms with E-state index in [-0.39, 0.29) is 17.5 Å². The molecule has 1 aromatic rings. The van der Waals surface area contributed by atoms with Gasteiger partial charge in [-0.1, -0.05) is 18.3 Å². The summed E-state index contributed by atoms with van der Waals surface area (Å²) in [6.07, 6.45) is -0.153. The molecule has 2 rings (SSSR count). The van der Waals surface area contributed by atoms with Crippen molar-refractivity contribution in [2.24, 2.45) is 0 Å². The first-order valence-electron chi connectivity index (χ1n) is 4.82. The molecule has 1 N–H and O–H groups in total. The van der Waals surface area contributed by atoms with Crippen molar-refractivity contribution in [3.63, 3.8) is 0 Å². The number of benzene rings is 1. The van der Waals surface area contributed by atoms with Crippen LogP contribution in [-0.4, -0.2) is 22.6 Å². The monoisotopic (exact) mass is 238 g/mol. The maximum Gasteiger partial charge on any atom is 0.311 e. The number of nitrogens with zero attached hydrogens (tertiary/aromatic N) is 1. The average Bonchev–Trinajstić information content (AvgIpc) is 2.38. The summed E-state index contributed by atoms with van der Waals surface area (Å²) in [6, 6.07) is 4.74. The Bertz CT molecular complexity index is 461. The van der Waals surface area contributed by atoms with Gasteiger partial charge in [0.15, 0.2) is 0 Å². The number of rotatable bonds is 1. The molecule has 0 radical (unpaired) electrons. The van der Waals surface area contributed by atoms with Gasteiger partial charge in [0.25, 0.3) is 0 Å². The van der Waals surface area contributed by atoms with Gasteiger partial charge >= 0.3 is 5.69 Å². The number of para-hydroxylation sites is 1. The average molecular weight is 238 g/mol. The van der Waals surface area contributed by atoms with Gasteiger partial charge in [-0.05, 0) is 13.0 Å². The minimum atomic E-state index is -0.459. The molecule has 0 bridgehead atoms. The van der Waals surface area contributed by atoms with Gasteiger partial charge in [0, 0.05) is 6.07 Å². The number of hydrogen-bond donors (Lipinski definition) is 1. The zero-order chi connectivity index (χ0) is 11.7. The topological polar surface area (TPSA) is 64.4 Å². The van der Waals surface area contributed by atoms with Crippen molar-refractivity contribution in [2.45, 2.75) is 13.0 Å². The number of nitro groups is 1. The zero-order valence-corrected chi connectivity index (χ0v) is 9.41. The third-order valence-electron chi connectivity index (χ3n) is 2.30. The molecule has 1 aliphatic rings. The van der Waals surface area contributed by atoms with E-state index >= 15 is 0 Å². The Balaban J connectivity index is 2.58. The molecular formula is C10H10N2O3S. The maximum atomic E-state index is 10.9. The van der Waals surface area contributed by atoms with Crippen molar-refractivity contribution < 1.29 is 9.66 Å². The fourth-order valence-corrected chi connectivity index (χ4v) is 1.79. The predicted molar refractivity (Wildman–Crippen MR) is 62.9 cm³/mol. The molecular weight excluding hydrogens is 228 g/mol. The maximum absolute atomic E-state index is 10.9. The highest BCUT2D eigenvalue weighted by molar-refractivity contribution is 7.80. The number of ether oxygens (including phenoxy) is 1. The zero-order valence-electron chi connectivity index (χ0n) is 8.60. The number of fused-ring (bicyclic) bond motifs is 1. The first kappa shape index (κ1) is 10.8. The van der Waals surface area contributed by atoms with Crippen LogP contribution in [0, 0.1) is 10.1 Å². The van der Waals surface area contributed by atoms with Crippen molar-refractivity contribution in [1.29, 1.82) is 0 Å². The fraction of sp³-hybridized carbons (Fsp3) is 0.300. The lowest BCUT2D eigenvalue weighted by molar-refractivity contribution is -0.386. The second-order valence-corrected chi connectivity index (χ2v) is 3.96. The molecule has 0 spiro atoms. The highest BCUT2D eigenvalue weighted by atomic mass is 32.1. The van der Waals surface area contributed by atoms with Crippen LogP contribution in [0.4, 0.5) is 5.69 Å². The molecule has 0 aromatic heterocycles. The Morgan fingerprint density at radius 2 is 2.38 bits per heavy atom. The first-order valence-corrected chi connectivity index (χ1v) is 5.22. The summed E-state index contributed by atoms with van der Waals surface area (Å²) in [6.45, 7) is 2.38. The van der Waals surface area contributed by atoms with Gasteiger partial charge < -0.3 is 10.1 Å². The molecule has 84 valence electrons. The Morgan fingerprint density at radius 3 is 3.06 bits per heavy atom. The summed E-state index contributed by atoms with van der Waals surface area (Å²) in [7, 11) is 0. The lowest BCUT2D eigenvalue weighted by Gasteiger charge is -2.11. The van der Waals surface area contributed by atoms with Crippen LogP contribution in [0.25, 0.3) is 0 Å². The SMILES string of the molecule is C[C@@H]1CNC(=S)c2cccc([N+](=O)[O-])c2O1. The molecule has 1 aromatic carbocycles. The summed E-state index contributed by atoms with van der Waals surface area (Å²) in [5, 5.41) is 13.9. The normalized spacial score (nSPS) is 19.1. The van der Waals surface area contributed by atoms with Crippen LogP contribution in [0.5, 0.6) is 5.75 Å². The Labute approximate surface area is 97.6 Å². The van der Waals surface area contributed by atoms with Gasteiger partial charge in [-0.3, -0.25) is 10.1 Å². The van der Waals surface area contributed by atoms with Crippen LogP contribution in [0.1, 0.15) is 12.5 Å². The van der Waals surface area contributed by atoms with Crippen LogP contribution < -0.4 is 10.1 Å². The van der Waals surface area contributed by atoms with Crippen molar-refractivity contribution in [3.05, 3.63) is 33.9 Å². The van der Waals surface area contributed by atoms with Crippen LogP contribution >= 0.6 is 12.2 Å². The molecule has 16 heavy (non-hydrogen) atoms. The third-order valence-corrected chi connectivity index (χ3v) is 2.67. The van der Waals surface area contributed by atoms with Crippen molar-refractivity contribution in [2.75, 3.05) is 6.54 Å². The fourth-order valence-electron chi connectivity index (χ4n) is 1.55. The predicted octanol–water partition coefficient (Wildman–Crippen LogP) is 1.64. The van der Waals surface area contributed by atoms with Gasteiger partial charge in [-0.15, -0.1) is 0 Å². The minimum absolute atomic E-state index is 0.0459. The minimum Gasteiger partial charge on any atom is -0.481 e. The third kappa shape index (κ3) is 1.83. The van der Waals surface area contributed by atoms with E-state index in [1.165, 1.54) is 6.07 Å². The second kappa shape index (κ2) is 4.05. The smallest absolute Gasteiger partial charge is 0.311 e. The summed E-state index contributed by atoms with van der Waals surface area (Å²) >= 11 is 5.13. The molecule has 0 saturated heterocycles.